The molecule has 1 saturated heterocycles. The van der Waals surface area contributed by atoms with Crippen LogP contribution in [0.5, 0.6) is 0 Å². The van der Waals surface area contributed by atoms with Crippen LogP contribution >= 0.6 is 0 Å². The van der Waals surface area contributed by atoms with E-state index in [4.69, 9.17) is 4.74 Å². The van der Waals surface area contributed by atoms with E-state index in [1.54, 1.807) is 17.0 Å². The normalized spacial score (nSPS) is 14.6. The van der Waals surface area contributed by atoms with Crippen molar-refractivity contribution >= 4 is 22.7 Å². The van der Waals surface area contributed by atoms with Crippen LogP contribution in [0.15, 0.2) is 53.3 Å². The van der Waals surface area contributed by atoms with E-state index in [-0.39, 0.29) is 24.0 Å². The van der Waals surface area contributed by atoms with E-state index in [9.17, 15) is 14.0 Å². The Kier molecular flexibility index (Phi) is 4.59. The molecule has 1 amide bonds. The molecule has 0 unspecified atom stereocenters. The highest BCUT2D eigenvalue weighted by Gasteiger charge is 2.22. The number of amides is 1. The number of carbonyl (C=O) groups excluding carboxylic acids is 1. The topological polar surface area (TPSA) is 73.8 Å². The number of rotatable bonds is 4. The fourth-order valence-corrected chi connectivity index (χ4v) is 3.84. The van der Waals surface area contributed by atoms with Crippen LogP contribution in [0, 0.1) is 5.82 Å². The van der Waals surface area contributed by atoms with E-state index in [1.165, 1.54) is 21.2 Å². The Labute approximate surface area is 170 Å². The summed E-state index contributed by atoms with van der Waals surface area (Å²) < 4.78 is 23.2. The van der Waals surface area contributed by atoms with Crippen molar-refractivity contribution in [1.82, 2.24) is 23.6 Å². The summed E-state index contributed by atoms with van der Waals surface area (Å²) in [6, 6.07) is 13.7. The van der Waals surface area contributed by atoms with E-state index in [0.29, 0.717) is 44.1 Å². The molecule has 0 atom stereocenters. The standard InChI is InChI=1S/C21H20FN5O3/c22-16-7-5-15(6-8-16)13-25-17-3-1-2-4-18(17)27-20(25)23-26(21(27)29)14-19(28)24-9-11-30-12-10-24/h1-8H,9-14H2. The van der Waals surface area contributed by atoms with Gasteiger partial charge in [-0.15, -0.1) is 5.10 Å². The molecule has 0 spiro atoms. The molecular formula is C21H20FN5O3. The van der Waals surface area contributed by atoms with E-state index < -0.39 is 0 Å². The van der Waals surface area contributed by atoms with Crippen molar-refractivity contribution in [3.63, 3.8) is 0 Å². The molecular weight excluding hydrogens is 389 g/mol. The molecule has 2 aromatic carbocycles. The second kappa shape index (κ2) is 7.42. The Bertz CT molecular complexity index is 1280. The summed E-state index contributed by atoms with van der Waals surface area (Å²) in [6.07, 6.45) is 0. The van der Waals surface area contributed by atoms with Crippen LogP contribution in [0.3, 0.4) is 0 Å². The molecule has 0 N–H and O–H groups in total. The number of imidazole rings is 1. The first-order valence-electron chi connectivity index (χ1n) is 9.78. The highest BCUT2D eigenvalue weighted by atomic mass is 19.1. The molecule has 0 bridgehead atoms. The molecule has 4 aromatic rings. The number of aromatic nitrogens is 4. The van der Waals surface area contributed by atoms with Crippen LogP contribution in [-0.4, -0.2) is 55.9 Å². The van der Waals surface area contributed by atoms with Gasteiger partial charge >= 0.3 is 5.69 Å². The Hall–Kier alpha value is -3.46. The van der Waals surface area contributed by atoms with Crippen molar-refractivity contribution in [2.24, 2.45) is 0 Å². The summed E-state index contributed by atoms with van der Waals surface area (Å²) in [5.74, 6) is -0.0146. The third-order valence-corrected chi connectivity index (χ3v) is 5.38. The molecule has 5 rings (SSSR count). The predicted molar refractivity (Wildman–Crippen MR) is 108 cm³/mol. The zero-order valence-electron chi connectivity index (χ0n) is 16.2. The Morgan fingerprint density at radius 3 is 2.47 bits per heavy atom. The van der Waals surface area contributed by atoms with Gasteiger partial charge in [0.15, 0.2) is 0 Å². The Balaban J connectivity index is 1.57. The molecule has 1 fully saturated rings. The third kappa shape index (κ3) is 3.17. The number of benzene rings is 2. The third-order valence-electron chi connectivity index (χ3n) is 5.38. The summed E-state index contributed by atoms with van der Waals surface area (Å²) >= 11 is 0. The number of ether oxygens (including phenoxy) is 1. The number of hydrogen-bond acceptors (Lipinski definition) is 4. The zero-order valence-corrected chi connectivity index (χ0v) is 16.2. The first-order valence-corrected chi connectivity index (χ1v) is 9.78. The number of fused-ring (bicyclic) bond motifs is 3. The fourth-order valence-electron chi connectivity index (χ4n) is 3.84. The number of halogens is 1. The lowest BCUT2D eigenvalue weighted by atomic mass is 10.2. The van der Waals surface area contributed by atoms with Crippen LogP contribution in [-0.2, 0) is 22.6 Å². The summed E-state index contributed by atoms with van der Waals surface area (Å²) in [7, 11) is 0. The van der Waals surface area contributed by atoms with Crippen LogP contribution in [0.1, 0.15) is 5.56 Å². The van der Waals surface area contributed by atoms with Crippen molar-refractivity contribution in [1.29, 1.82) is 0 Å². The highest BCUT2D eigenvalue weighted by molar-refractivity contribution is 5.81. The average Bonchev–Trinajstić information content (AvgIpc) is 3.25. The largest absolute Gasteiger partial charge is 0.378 e. The molecule has 1 aliphatic heterocycles. The lowest BCUT2D eigenvalue weighted by Crippen LogP contribution is -2.43. The Morgan fingerprint density at radius 1 is 1.03 bits per heavy atom. The van der Waals surface area contributed by atoms with Crippen LogP contribution in [0.2, 0.25) is 0 Å². The second-order valence-corrected chi connectivity index (χ2v) is 7.27. The number of nitrogens with zero attached hydrogens (tertiary/aromatic N) is 5. The monoisotopic (exact) mass is 409 g/mol. The smallest absolute Gasteiger partial charge is 0.352 e. The van der Waals surface area contributed by atoms with Gasteiger partial charge in [-0.25, -0.2) is 18.3 Å². The minimum Gasteiger partial charge on any atom is -0.378 e. The number of morpholine rings is 1. The lowest BCUT2D eigenvalue weighted by molar-refractivity contribution is -0.136. The van der Waals surface area contributed by atoms with Gasteiger partial charge in [-0.05, 0) is 29.8 Å². The van der Waals surface area contributed by atoms with Gasteiger partial charge in [0.2, 0.25) is 11.7 Å². The molecule has 8 nitrogen and oxygen atoms in total. The van der Waals surface area contributed by atoms with E-state index >= 15 is 0 Å². The maximum absolute atomic E-state index is 13.3. The summed E-state index contributed by atoms with van der Waals surface area (Å²) in [5, 5.41) is 4.48. The van der Waals surface area contributed by atoms with Crippen molar-refractivity contribution < 1.29 is 13.9 Å². The molecule has 3 heterocycles. The van der Waals surface area contributed by atoms with Crippen molar-refractivity contribution in [2.45, 2.75) is 13.1 Å². The van der Waals surface area contributed by atoms with Crippen molar-refractivity contribution in [2.75, 3.05) is 26.3 Å². The average molecular weight is 409 g/mol. The number of hydrogen-bond donors (Lipinski definition) is 0. The molecule has 0 radical (unpaired) electrons. The summed E-state index contributed by atoms with van der Waals surface area (Å²) in [5.41, 5.74) is 2.07. The maximum Gasteiger partial charge on any atom is 0.352 e. The van der Waals surface area contributed by atoms with Gasteiger partial charge in [-0.1, -0.05) is 24.3 Å². The molecule has 0 aliphatic carbocycles. The highest BCUT2D eigenvalue weighted by Crippen LogP contribution is 2.20. The van der Waals surface area contributed by atoms with Gasteiger partial charge < -0.3 is 14.2 Å². The van der Waals surface area contributed by atoms with Gasteiger partial charge in [-0.3, -0.25) is 4.79 Å². The van der Waals surface area contributed by atoms with Crippen molar-refractivity contribution in [3.8, 4) is 0 Å². The number of para-hydroxylation sites is 2. The molecule has 1 aliphatic rings. The number of carbonyl (C=O) groups is 1. The maximum atomic E-state index is 13.3. The predicted octanol–water partition coefficient (Wildman–Crippen LogP) is 1.50. The van der Waals surface area contributed by atoms with Gasteiger partial charge in [-0.2, -0.15) is 0 Å². The van der Waals surface area contributed by atoms with Gasteiger partial charge in [0.25, 0.3) is 0 Å². The first-order chi connectivity index (χ1) is 14.6. The quantitative estimate of drug-likeness (QED) is 0.512. The summed E-state index contributed by atoms with van der Waals surface area (Å²) in [6.45, 7) is 2.33. The van der Waals surface area contributed by atoms with Gasteiger partial charge in [0.05, 0.1) is 30.8 Å². The van der Waals surface area contributed by atoms with E-state index in [2.05, 4.69) is 5.10 Å². The second-order valence-electron chi connectivity index (χ2n) is 7.27. The molecule has 9 heteroatoms. The van der Waals surface area contributed by atoms with Gasteiger partial charge in [0, 0.05) is 13.1 Å². The molecule has 0 saturated carbocycles. The van der Waals surface area contributed by atoms with Crippen LogP contribution < -0.4 is 5.69 Å². The SMILES string of the molecule is O=C(Cn1nc2n(Cc3ccc(F)cc3)c3ccccc3n2c1=O)N1CCOCC1. The minimum absolute atomic E-state index is 0.120. The first kappa shape index (κ1) is 18.6. The summed E-state index contributed by atoms with van der Waals surface area (Å²) in [4.78, 5) is 27.4. The Morgan fingerprint density at radius 2 is 1.73 bits per heavy atom. The van der Waals surface area contributed by atoms with Crippen LogP contribution in [0.4, 0.5) is 4.39 Å². The molecule has 30 heavy (non-hydrogen) atoms. The minimum atomic E-state index is -0.360. The zero-order chi connectivity index (χ0) is 20.7. The van der Waals surface area contributed by atoms with E-state index in [1.807, 2.05) is 28.8 Å². The van der Waals surface area contributed by atoms with E-state index in [0.717, 1.165) is 11.1 Å². The molecule has 2 aromatic heterocycles. The van der Waals surface area contributed by atoms with Crippen molar-refractivity contribution in [3.05, 3.63) is 70.4 Å². The van der Waals surface area contributed by atoms with Crippen LogP contribution in [0.25, 0.3) is 16.8 Å². The fraction of sp³-hybridized carbons (Fsp3) is 0.286. The molecule has 154 valence electrons. The lowest BCUT2D eigenvalue weighted by Gasteiger charge is -2.26. The van der Waals surface area contributed by atoms with Gasteiger partial charge in [0.1, 0.15) is 12.4 Å².